The summed E-state index contributed by atoms with van der Waals surface area (Å²) in [4.78, 5) is 14.9. The third kappa shape index (κ3) is 4.45. The summed E-state index contributed by atoms with van der Waals surface area (Å²) in [7, 11) is 0. The molecule has 27 heavy (non-hydrogen) atoms. The van der Waals surface area contributed by atoms with Gasteiger partial charge in [0.2, 0.25) is 11.8 Å². The maximum absolute atomic E-state index is 12.7. The highest BCUT2D eigenvalue weighted by molar-refractivity contribution is 6.30. The fourth-order valence-electron chi connectivity index (χ4n) is 2.15. The van der Waals surface area contributed by atoms with Crippen LogP contribution in [-0.2, 0) is 15.7 Å². The van der Waals surface area contributed by atoms with Crippen LogP contribution in [0.5, 0.6) is 11.8 Å². The molecule has 0 fully saturated rings. The smallest absolute Gasteiger partial charge is 0.419 e. The summed E-state index contributed by atoms with van der Waals surface area (Å²) in [5, 5.41) is 19.6. The van der Waals surface area contributed by atoms with E-state index in [4.69, 9.17) is 16.3 Å². The van der Waals surface area contributed by atoms with Gasteiger partial charge in [0.1, 0.15) is 11.0 Å². The minimum absolute atomic E-state index is 0.103. The molecule has 2 aromatic rings. The molecule has 7 nitrogen and oxygen atoms in total. The van der Waals surface area contributed by atoms with Crippen LogP contribution in [0.3, 0.4) is 0 Å². The van der Waals surface area contributed by atoms with Gasteiger partial charge in [0.05, 0.1) is 12.2 Å². The molecule has 11 heteroatoms. The fourth-order valence-corrected chi connectivity index (χ4v) is 2.41. The molecule has 0 saturated heterocycles. The van der Waals surface area contributed by atoms with Gasteiger partial charge < -0.3 is 14.9 Å². The van der Waals surface area contributed by atoms with E-state index in [1.54, 1.807) is 6.92 Å². The maximum atomic E-state index is 12.7. The predicted molar refractivity (Wildman–Crippen MR) is 91.4 cm³/mol. The largest absolute Gasteiger partial charge is 0.493 e. The average Bonchev–Trinajstić information content (AvgIpc) is 2.76. The molecule has 2 aromatic heterocycles. The fraction of sp³-hybridized carbons (Fsp3) is 0.250. The second-order valence-electron chi connectivity index (χ2n) is 5.25. The van der Waals surface area contributed by atoms with Crippen LogP contribution < -0.4 is 5.43 Å². The zero-order valence-corrected chi connectivity index (χ0v) is 14.9. The van der Waals surface area contributed by atoms with Gasteiger partial charge in [-0.15, -0.1) is 0 Å². The molecule has 0 aromatic carbocycles. The number of aromatic nitrogens is 2. The highest BCUT2D eigenvalue weighted by Crippen LogP contribution is 2.36. The molecule has 0 aliphatic heterocycles. The van der Waals surface area contributed by atoms with Crippen molar-refractivity contribution in [1.29, 1.82) is 0 Å². The van der Waals surface area contributed by atoms with Crippen LogP contribution in [0.15, 0.2) is 18.2 Å². The zero-order chi connectivity index (χ0) is 20.4. The highest BCUT2D eigenvalue weighted by Gasteiger charge is 2.34. The van der Waals surface area contributed by atoms with E-state index in [2.05, 4.69) is 10.4 Å². The van der Waals surface area contributed by atoms with Gasteiger partial charge in [0.15, 0.2) is 0 Å². The second-order valence-corrected chi connectivity index (χ2v) is 5.61. The normalized spacial score (nSPS) is 11.8. The molecule has 0 spiro atoms. The highest BCUT2D eigenvalue weighted by atomic mass is 35.5. The Labute approximate surface area is 156 Å². The number of nitrogens with zero attached hydrogens (tertiary/aromatic N) is 2. The minimum Gasteiger partial charge on any atom is -0.493 e. The van der Waals surface area contributed by atoms with E-state index in [1.165, 1.54) is 13.0 Å². The van der Waals surface area contributed by atoms with Gasteiger partial charge in [-0.1, -0.05) is 11.6 Å². The zero-order valence-electron chi connectivity index (χ0n) is 14.1. The Bertz CT molecular complexity index is 894. The Balaban J connectivity index is 2.34. The summed E-state index contributed by atoms with van der Waals surface area (Å²) in [5.41, 5.74) is 1.63. The molecule has 0 radical (unpaired) electrons. The van der Waals surface area contributed by atoms with Gasteiger partial charge in [-0.05, 0) is 32.1 Å². The van der Waals surface area contributed by atoms with Crippen molar-refractivity contribution in [2.75, 3.05) is 12.0 Å². The molecule has 0 unspecified atom stereocenters. The Morgan fingerprint density at radius 2 is 2.04 bits per heavy atom. The van der Waals surface area contributed by atoms with Crippen LogP contribution in [0.1, 0.15) is 23.6 Å². The van der Waals surface area contributed by atoms with E-state index in [0.29, 0.717) is 6.07 Å². The number of anilines is 1. The molecular weight excluding hydrogens is 391 g/mol. The molecule has 3 N–H and O–H groups in total. The lowest BCUT2D eigenvalue weighted by Crippen LogP contribution is -2.12. The molecule has 0 bridgehead atoms. The Morgan fingerprint density at radius 3 is 2.59 bits per heavy atom. The molecule has 0 aliphatic rings. The molecule has 0 saturated carbocycles. The van der Waals surface area contributed by atoms with Crippen LogP contribution in [0.25, 0.3) is 6.08 Å². The van der Waals surface area contributed by atoms with Crippen molar-refractivity contribution in [3.05, 3.63) is 40.1 Å². The Kier molecular flexibility index (Phi) is 5.89. The number of hydrogen-bond donors (Lipinski definition) is 3. The SMILES string of the molecule is CCOC(=O)/C=C/c1c(C)c(O)n(Nc2ccc(C(F)(F)F)c(Cl)n2)c1O. The van der Waals surface area contributed by atoms with Gasteiger partial charge >= 0.3 is 12.1 Å². The Hall–Kier alpha value is -2.88. The van der Waals surface area contributed by atoms with Crippen LogP contribution in [-0.4, -0.2) is 32.4 Å². The van der Waals surface area contributed by atoms with Gasteiger partial charge in [-0.25, -0.2) is 9.78 Å². The summed E-state index contributed by atoms with van der Waals surface area (Å²) in [6.07, 6.45) is -2.38. The van der Waals surface area contributed by atoms with E-state index in [-0.39, 0.29) is 23.6 Å². The number of ether oxygens (including phenoxy) is 1. The lowest BCUT2D eigenvalue weighted by Gasteiger charge is -2.12. The number of hydrogen-bond acceptors (Lipinski definition) is 6. The molecular formula is C16H15ClF3N3O4. The van der Waals surface area contributed by atoms with Crippen molar-refractivity contribution in [3.63, 3.8) is 0 Å². The number of carbonyl (C=O) groups excluding carboxylic acids is 1. The first-order valence-electron chi connectivity index (χ1n) is 7.55. The first-order chi connectivity index (χ1) is 12.6. The average molecular weight is 406 g/mol. The number of alkyl halides is 3. The Morgan fingerprint density at radius 1 is 1.37 bits per heavy atom. The summed E-state index contributed by atoms with van der Waals surface area (Å²) < 4.78 is 43.7. The molecule has 0 aliphatic carbocycles. The lowest BCUT2D eigenvalue weighted by atomic mass is 10.2. The number of aromatic hydroxyl groups is 2. The number of rotatable bonds is 5. The van der Waals surface area contributed by atoms with Crippen molar-refractivity contribution in [2.45, 2.75) is 20.0 Å². The summed E-state index contributed by atoms with van der Waals surface area (Å²) >= 11 is 5.54. The van der Waals surface area contributed by atoms with Crippen LogP contribution in [0.4, 0.5) is 19.0 Å². The van der Waals surface area contributed by atoms with Gasteiger partial charge in [0, 0.05) is 17.2 Å². The van der Waals surface area contributed by atoms with Crippen molar-refractivity contribution in [3.8, 4) is 11.8 Å². The first kappa shape index (κ1) is 20.4. The lowest BCUT2D eigenvalue weighted by molar-refractivity contribution is -0.138. The van der Waals surface area contributed by atoms with Gasteiger partial charge in [0.25, 0.3) is 0 Å². The molecule has 146 valence electrons. The number of nitrogens with one attached hydrogen (secondary N) is 1. The number of carbonyl (C=O) groups is 1. The first-order valence-corrected chi connectivity index (χ1v) is 7.92. The predicted octanol–water partition coefficient (Wildman–Crippen LogP) is 3.73. The van der Waals surface area contributed by atoms with Crippen molar-refractivity contribution in [2.24, 2.45) is 0 Å². The van der Waals surface area contributed by atoms with Crippen LogP contribution in [0.2, 0.25) is 5.15 Å². The summed E-state index contributed by atoms with van der Waals surface area (Å²) in [6.45, 7) is 3.26. The molecule has 2 rings (SSSR count). The van der Waals surface area contributed by atoms with Gasteiger partial charge in [-0.3, -0.25) is 5.43 Å². The van der Waals surface area contributed by atoms with Crippen molar-refractivity contribution >= 4 is 29.5 Å². The van der Waals surface area contributed by atoms with E-state index in [1.807, 2.05) is 0 Å². The maximum Gasteiger partial charge on any atom is 0.419 e. The third-order valence-electron chi connectivity index (χ3n) is 3.46. The second kappa shape index (κ2) is 7.78. The molecule has 0 amide bonds. The number of halogens is 4. The van der Waals surface area contributed by atoms with Crippen LogP contribution >= 0.6 is 11.6 Å². The molecule has 2 heterocycles. The van der Waals surface area contributed by atoms with Gasteiger partial charge in [-0.2, -0.15) is 17.8 Å². The van der Waals surface area contributed by atoms with Crippen LogP contribution in [0, 0.1) is 6.92 Å². The monoisotopic (exact) mass is 405 g/mol. The topological polar surface area (TPSA) is 96.6 Å². The minimum atomic E-state index is -4.66. The third-order valence-corrected chi connectivity index (χ3v) is 3.75. The summed E-state index contributed by atoms with van der Waals surface area (Å²) in [6, 6.07) is 1.70. The van der Waals surface area contributed by atoms with E-state index < -0.39 is 34.6 Å². The number of esters is 1. The van der Waals surface area contributed by atoms with E-state index in [9.17, 15) is 28.2 Å². The summed E-state index contributed by atoms with van der Waals surface area (Å²) in [5.74, 6) is -1.74. The molecule has 0 atom stereocenters. The van der Waals surface area contributed by atoms with Crippen molar-refractivity contribution in [1.82, 2.24) is 9.66 Å². The standard InChI is InChI=1S/C16H15ClF3N3O4/c1-3-27-12(24)7-4-9-8(2)14(25)23(15(9)26)22-11-6-5-10(13(17)21-11)16(18,19)20/h4-7,25-26H,3H2,1-2H3,(H,21,22)/b7-4+. The quantitative estimate of drug-likeness (QED) is 0.398. The van der Waals surface area contributed by atoms with E-state index in [0.717, 1.165) is 16.8 Å². The van der Waals surface area contributed by atoms with Crippen molar-refractivity contribution < 1.29 is 32.9 Å². The number of pyridine rings is 1. The van der Waals surface area contributed by atoms with E-state index >= 15 is 0 Å².